The normalized spacial score (nSPS) is 15.1. The maximum Gasteiger partial charge on any atom is 0.191 e. The Hall–Kier alpha value is -2.14. The average molecular weight is 372 g/mol. The minimum atomic E-state index is -0.886. The third-order valence-electron chi connectivity index (χ3n) is 4.46. The Morgan fingerprint density at radius 2 is 1.65 bits per heavy atom. The summed E-state index contributed by atoms with van der Waals surface area (Å²) < 4.78 is 12.2. The molecule has 5 heteroatoms. The van der Waals surface area contributed by atoms with Crippen LogP contribution in [-0.2, 0) is 16.6 Å². The molecule has 140 valence electrons. The number of aliphatic imine (C=N–C) groups is 1. The first kappa shape index (κ1) is 20.2. The van der Waals surface area contributed by atoms with Crippen molar-refractivity contribution >= 4 is 16.8 Å². The minimum absolute atomic E-state index is 0.235. The first-order chi connectivity index (χ1) is 12.6. The summed E-state index contributed by atoms with van der Waals surface area (Å²) in [5.41, 5.74) is 2.41. The summed E-state index contributed by atoms with van der Waals surface area (Å²) in [6.45, 7) is 4.98. The van der Waals surface area contributed by atoms with Gasteiger partial charge in [0.25, 0.3) is 0 Å². The fourth-order valence-corrected chi connectivity index (χ4v) is 3.73. The molecule has 2 aromatic rings. The van der Waals surface area contributed by atoms with Gasteiger partial charge in [0, 0.05) is 47.9 Å². The zero-order valence-electron chi connectivity index (χ0n) is 15.8. The summed E-state index contributed by atoms with van der Waals surface area (Å²) in [4.78, 5) is 4.28. The van der Waals surface area contributed by atoms with E-state index in [0.29, 0.717) is 24.0 Å². The van der Waals surface area contributed by atoms with E-state index in [9.17, 15) is 4.21 Å². The van der Waals surface area contributed by atoms with Crippen LogP contribution in [0.1, 0.15) is 30.9 Å². The van der Waals surface area contributed by atoms with E-state index >= 15 is 0 Å². The highest BCUT2D eigenvalue weighted by Crippen LogP contribution is 2.18. The van der Waals surface area contributed by atoms with Gasteiger partial charge in [-0.3, -0.25) is 9.20 Å². The van der Waals surface area contributed by atoms with Crippen molar-refractivity contribution in [1.82, 2.24) is 10.6 Å². The number of nitrogens with one attached hydrogen (secondary N) is 2. The Labute approximate surface area is 159 Å². The summed E-state index contributed by atoms with van der Waals surface area (Å²) >= 11 is 0. The number of nitrogens with zero attached hydrogens (tertiary/aromatic N) is 1. The van der Waals surface area contributed by atoms with Crippen LogP contribution in [0.5, 0.6) is 0 Å². The first-order valence-electron chi connectivity index (χ1n) is 9.01. The second-order valence-electron chi connectivity index (χ2n) is 6.41. The predicted octanol–water partition coefficient (Wildman–Crippen LogP) is 3.29. The van der Waals surface area contributed by atoms with E-state index in [1.54, 1.807) is 7.05 Å². The molecule has 2 aromatic carbocycles. The van der Waals surface area contributed by atoms with Crippen molar-refractivity contribution in [2.24, 2.45) is 4.99 Å². The van der Waals surface area contributed by atoms with Crippen LogP contribution < -0.4 is 10.6 Å². The van der Waals surface area contributed by atoms with Crippen LogP contribution in [0.3, 0.4) is 0 Å². The van der Waals surface area contributed by atoms with Crippen molar-refractivity contribution in [1.29, 1.82) is 0 Å². The van der Waals surface area contributed by atoms with Gasteiger partial charge in [0.2, 0.25) is 0 Å². The van der Waals surface area contributed by atoms with Gasteiger partial charge in [-0.1, -0.05) is 67.6 Å². The molecule has 0 aromatic heterocycles. The molecule has 3 atom stereocenters. The van der Waals surface area contributed by atoms with E-state index in [1.165, 1.54) is 5.56 Å². The molecule has 0 saturated heterocycles. The maximum atomic E-state index is 12.2. The van der Waals surface area contributed by atoms with Crippen LogP contribution in [-0.4, -0.2) is 35.6 Å². The quantitative estimate of drug-likeness (QED) is 0.553. The van der Waals surface area contributed by atoms with E-state index in [4.69, 9.17) is 0 Å². The molecule has 2 rings (SSSR count). The van der Waals surface area contributed by atoms with Crippen LogP contribution in [0.25, 0.3) is 0 Å². The monoisotopic (exact) mass is 371 g/mol. The number of benzene rings is 2. The van der Waals surface area contributed by atoms with Crippen LogP contribution in [0.2, 0.25) is 0 Å². The Morgan fingerprint density at radius 3 is 2.27 bits per heavy atom. The largest absolute Gasteiger partial charge is 0.355 e. The fraction of sp³-hybridized carbons (Fsp3) is 0.381. The van der Waals surface area contributed by atoms with E-state index in [0.717, 1.165) is 11.5 Å². The Morgan fingerprint density at radius 1 is 1.04 bits per heavy atom. The van der Waals surface area contributed by atoms with Gasteiger partial charge in [0.15, 0.2) is 5.96 Å². The molecule has 0 heterocycles. The maximum absolute atomic E-state index is 12.2. The van der Waals surface area contributed by atoms with E-state index in [2.05, 4.69) is 53.7 Å². The zero-order chi connectivity index (χ0) is 18.8. The Bertz CT molecular complexity index is 704. The number of guanidine groups is 1. The van der Waals surface area contributed by atoms with Gasteiger partial charge in [0.05, 0.1) is 0 Å². The molecule has 0 bridgehead atoms. The summed E-state index contributed by atoms with van der Waals surface area (Å²) in [6.07, 6.45) is 0. The SMILES string of the molecule is CN=C(NCCS(=O)Cc1ccccc1)NC(C)C(C)c1ccccc1. The molecule has 0 amide bonds. The minimum Gasteiger partial charge on any atom is -0.355 e. The van der Waals surface area contributed by atoms with E-state index in [-0.39, 0.29) is 6.04 Å². The van der Waals surface area contributed by atoms with Crippen LogP contribution >= 0.6 is 0 Å². The Kier molecular flexibility index (Phi) is 8.35. The van der Waals surface area contributed by atoms with Crippen molar-refractivity contribution in [2.45, 2.75) is 31.6 Å². The van der Waals surface area contributed by atoms with Crippen molar-refractivity contribution in [3.8, 4) is 0 Å². The fourth-order valence-electron chi connectivity index (χ4n) is 2.70. The summed E-state index contributed by atoms with van der Waals surface area (Å²) in [7, 11) is 0.874. The van der Waals surface area contributed by atoms with Crippen molar-refractivity contribution in [3.05, 3.63) is 71.8 Å². The van der Waals surface area contributed by atoms with Gasteiger partial charge in [-0.2, -0.15) is 0 Å². The van der Waals surface area contributed by atoms with Gasteiger partial charge >= 0.3 is 0 Å². The molecule has 3 unspecified atom stereocenters. The van der Waals surface area contributed by atoms with Gasteiger partial charge in [-0.25, -0.2) is 0 Å². The summed E-state index contributed by atoms with van der Waals surface area (Å²) in [6, 6.07) is 20.6. The first-order valence-corrected chi connectivity index (χ1v) is 10.5. The number of rotatable bonds is 8. The van der Waals surface area contributed by atoms with Crippen molar-refractivity contribution in [3.63, 3.8) is 0 Å². The summed E-state index contributed by atoms with van der Waals surface area (Å²) in [5, 5.41) is 6.70. The molecule has 4 nitrogen and oxygen atoms in total. The lowest BCUT2D eigenvalue weighted by Crippen LogP contribution is -2.45. The van der Waals surface area contributed by atoms with Gasteiger partial charge in [-0.05, 0) is 18.1 Å². The summed E-state index contributed by atoms with van der Waals surface area (Å²) in [5.74, 6) is 2.30. The highest BCUT2D eigenvalue weighted by atomic mass is 32.2. The zero-order valence-corrected chi connectivity index (χ0v) is 16.6. The lowest BCUT2D eigenvalue weighted by atomic mass is 9.94. The van der Waals surface area contributed by atoms with Gasteiger partial charge in [-0.15, -0.1) is 0 Å². The molecule has 0 aliphatic heterocycles. The molecule has 0 fully saturated rings. The molecule has 2 N–H and O–H groups in total. The second kappa shape index (κ2) is 10.8. The Balaban J connectivity index is 1.76. The second-order valence-corrected chi connectivity index (χ2v) is 7.98. The number of hydrogen-bond donors (Lipinski definition) is 2. The highest BCUT2D eigenvalue weighted by Gasteiger charge is 2.15. The van der Waals surface area contributed by atoms with Crippen LogP contribution in [0.4, 0.5) is 0 Å². The van der Waals surface area contributed by atoms with Crippen LogP contribution in [0.15, 0.2) is 65.7 Å². The van der Waals surface area contributed by atoms with E-state index in [1.807, 2.05) is 36.4 Å². The molecular weight excluding hydrogens is 342 g/mol. The molecule has 0 spiro atoms. The molecule has 0 aliphatic carbocycles. The van der Waals surface area contributed by atoms with E-state index < -0.39 is 10.8 Å². The smallest absolute Gasteiger partial charge is 0.191 e. The highest BCUT2D eigenvalue weighted by molar-refractivity contribution is 7.84. The van der Waals surface area contributed by atoms with Crippen LogP contribution in [0, 0.1) is 0 Å². The van der Waals surface area contributed by atoms with Crippen molar-refractivity contribution < 1.29 is 4.21 Å². The average Bonchev–Trinajstić information content (AvgIpc) is 2.67. The standard InChI is InChI=1S/C21H29N3OS/c1-17(20-12-8-5-9-13-20)18(2)24-21(22-3)23-14-15-26(25)16-19-10-6-4-7-11-19/h4-13,17-18H,14-16H2,1-3H3,(H2,22,23,24). The van der Waals surface area contributed by atoms with Gasteiger partial charge in [0.1, 0.15) is 0 Å². The predicted molar refractivity (Wildman–Crippen MR) is 112 cm³/mol. The third-order valence-corrected chi connectivity index (χ3v) is 5.77. The van der Waals surface area contributed by atoms with Crippen molar-refractivity contribution in [2.75, 3.05) is 19.3 Å². The lowest BCUT2D eigenvalue weighted by Gasteiger charge is -2.24. The molecule has 0 radical (unpaired) electrons. The molecule has 0 aliphatic rings. The third kappa shape index (κ3) is 6.64. The molecule has 26 heavy (non-hydrogen) atoms. The molecule has 0 saturated carbocycles. The number of hydrogen-bond acceptors (Lipinski definition) is 2. The topological polar surface area (TPSA) is 53.5 Å². The van der Waals surface area contributed by atoms with Gasteiger partial charge < -0.3 is 10.6 Å². The lowest BCUT2D eigenvalue weighted by molar-refractivity contribution is 0.551. The molecular formula is C21H29N3OS.